The predicted octanol–water partition coefficient (Wildman–Crippen LogP) is 2.88. The molecule has 3 aliphatic heterocycles. The fourth-order valence-corrected chi connectivity index (χ4v) is 4.86. The third-order valence-corrected chi connectivity index (χ3v) is 6.87. The minimum Gasteiger partial charge on any atom is -0.475 e. The number of carbonyl (C=O) groups excluding carboxylic acids is 1. The van der Waals surface area contributed by atoms with Crippen molar-refractivity contribution in [2.45, 2.75) is 44.3 Å². The van der Waals surface area contributed by atoms with Crippen LogP contribution in [0.3, 0.4) is 0 Å². The lowest BCUT2D eigenvalue weighted by Crippen LogP contribution is -2.50. The van der Waals surface area contributed by atoms with E-state index >= 15 is 0 Å². The first kappa shape index (κ1) is 23.0. The minimum absolute atomic E-state index is 0.113. The second-order valence-corrected chi connectivity index (χ2v) is 8.74. The average molecular weight is 449 g/mol. The van der Waals surface area contributed by atoms with Crippen LogP contribution in [0.2, 0.25) is 0 Å². The molecule has 3 fully saturated rings. The molecule has 0 radical (unpaired) electrons. The summed E-state index contributed by atoms with van der Waals surface area (Å²) in [5.41, 5.74) is 2.82. The van der Waals surface area contributed by atoms with Gasteiger partial charge < -0.3 is 14.7 Å². The number of carbonyl (C=O) groups is 2. The number of carboxylic acid groups (broad SMARTS) is 1. The number of alkyl halides is 3. The summed E-state index contributed by atoms with van der Waals surface area (Å²) in [6, 6.07) is 0.652. The first-order valence-corrected chi connectivity index (χ1v) is 10.9. The Morgan fingerprint density at radius 3 is 2.23 bits per heavy atom. The summed E-state index contributed by atoms with van der Waals surface area (Å²) in [5.74, 6) is -2.64. The summed E-state index contributed by atoms with van der Waals surface area (Å²) in [6.45, 7) is 6.04. The van der Waals surface area contributed by atoms with Crippen LogP contribution >= 0.6 is 11.3 Å². The van der Waals surface area contributed by atoms with E-state index in [0.29, 0.717) is 17.2 Å². The number of likely N-dealkylation sites (tertiary alicyclic amines) is 2. The highest BCUT2D eigenvalue weighted by Gasteiger charge is 2.40. The molecule has 1 aromatic heterocycles. The number of thiazole rings is 1. The number of halogens is 3. The monoisotopic (exact) mass is 449 g/mol. The second kappa shape index (κ2) is 9.61. The Labute approximate surface area is 176 Å². The Bertz CT molecular complexity index is 705. The number of aliphatic carboxylic acids is 1. The maximum absolute atomic E-state index is 12.4. The van der Waals surface area contributed by atoms with Crippen molar-refractivity contribution in [2.75, 3.05) is 39.4 Å². The maximum atomic E-state index is 12.4. The van der Waals surface area contributed by atoms with Gasteiger partial charge in [0.25, 0.3) is 5.91 Å². The van der Waals surface area contributed by atoms with Gasteiger partial charge in [0.1, 0.15) is 5.69 Å². The lowest BCUT2D eigenvalue weighted by atomic mass is 9.71. The maximum Gasteiger partial charge on any atom is 0.490 e. The SMILES string of the molecule is O=C(O)C(F)(F)F.O=C(c1cscn1)N1CCC2(CC1)CCN(C1CCOC1)CC2. The number of carboxylic acids is 1. The molecule has 1 spiro atoms. The number of ether oxygens (including phenoxy) is 1. The third-order valence-electron chi connectivity index (χ3n) is 6.29. The quantitative estimate of drug-likeness (QED) is 0.748. The molecule has 11 heteroatoms. The van der Waals surface area contributed by atoms with E-state index in [2.05, 4.69) is 9.88 Å². The molecule has 1 amide bonds. The Kier molecular flexibility index (Phi) is 7.35. The number of hydrogen-bond donors (Lipinski definition) is 1. The molecule has 1 N–H and O–H groups in total. The van der Waals surface area contributed by atoms with Gasteiger partial charge in [-0.15, -0.1) is 11.3 Å². The summed E-state index contributed by atoms with van der Waals surface area (Å²) < 4.78 is 37.3. The van der Waals surface area contributed by atoms with E-state index in [1.165, 1.54) is 43.7 Å². The van der Waals surface area contributed by atoms with Gasteiger partial charge in [0.05, 0.1) is 12.1 Å². The zero-order chi connectivity index (χ0) is 21.8. The van der Waals surface area contributed by atoms with Gasteiger partial charge in [-0.1, -0.05) is 0 Å². The predicted molar refractivity (Wildman–Crippen MR) is 103 cm³/mol. The van der Waals surface area contributed by atoms with Gasteiger partial charge in [-0.2, -0.15) is 13.2 Å². The standard InChI is InChI=1S/C17H25N3O2S.C2HF3O2/c21-16(15-12-23-13-18-15)20-8-4-17(5-9-20)2-6-19(7-3-17)14-1-10-22-11-14;3-2(4,5)1(6)7/h12-14H,1-11H2;(H,6,7). The van der Waals surface area contributed by atoms with Crippen molar-refractivity contribution in [3.63, 3.8) is 0 Å². The van der Waals surface area contributed by atoms with Crippen LogP contribution in [-0.2, 0) is 9.53 Å². The third kappa shape index (κ3) is 5.70. The molecule has 0 bridgehead atoms. The van der Waals surface area contributed by atoms with Crippen molar-refractivity contribution in [2.24, 2.45) is 5.41 Å². The molecule has 30 heavy (non-hydrogen) atoms. The smallest absolute Gasteiger partial charge is 0.475 e. The lowest BCUT2D eigenvalue weighted by Gasteiger charge is -2.47. The Hall–Kier alpha value is -1.72. The fraction of sp³-hybridized carbons (Fsp3) is 0.737. The molecule has 4 rings (SSSR count). The van der Waals surface area contributed by atoms with Crippen molar-refractivity contribution in [1.82, 2.24) is 14.8 Å². The Morgan fingerprint density at radius 2 is 1.77 bits per heavy atom. The van der Waals surface area contributed by atoms with E-state index in [9.17, 15) is 18.0 Å². The van der Waals surface area contributed by atoms with Gasteiger partial charge in [-0.25, -0.2) is 9.78 Å². The minimum atomic E-state index is -5.08. The number of nitrogens with zero attached hydrogens (tertiary/aromatic N) is 3. The van der Waals surface area contributed by atoms with Gasteiger partial charge in [0.15, 0.2) is 0 Å². The molecule has 3 aliphatic rings. The van der Waals surface area contributed by atoms with Gasteiger partial charge in [0.2, 0.25) is 0 Å². The molecular formula is C19H26F3N3O4S. The topological polar surface area (TPSA) is 83.0 Å². The first-order chi connectivity index (χ1) is 14.2. The van der Waals surface area contributed by atoms with Crippen LogP contribution in [0, 0.1) is 5.41 Å². The van der Waals surface area contributed by atoms with Crippen molar-refractivity contribution >= 4 is 23.2 Å². The van der Waals surface area contributed by atoms with Crippen molar-refractivity contribution < 1.29 is 32.6 Å². The summed E-state index contributed by atoms with van der Waals surface area (Å²) >= 11 is 1.49. The highest BCUT2D eigenvalue weighted by Crippen LogP contribution is 2.42. The number of aromatic nitrogens is 1. The number of amides is 1. The first-order valence-electron chi connectivity index (χ1n) is 10.00. The molecule has 0 aliphatic carbocycles. The number of hydrogen-bond acceptors (Lipinski definition) is 6. The van der Waals surface area contributed by atoms with E-state index in [-0.39, 0.29) is 5.91 Å². The summed E-state index contributed by atoms with van der Waals surface area (Å²) in [4.78, 5) is 30.1. The summed E-state index contributed by atoms with van der Waals surface area (Å²) in [6.07, 6.45) is 0.975. The average Bonchev–Trinajstić information content (AvgIpc) is 3.43. The Balaban J connectivity index is 0.000000318. The van der Waals surface area contributed by atoms with Crippen molar-refractivity contribution in [3.05, 3.63) is 16.6 Å². The van der Waals surface area contributed by atoms with Crippen LogP contribution in [0.5, 0.6) is 0 Å². The zero-order valence-electron chi connectivity index (χ0n) is 16.6. The van der Waals surface area contributed by atoms with Crippen LogP contribution in [-0.4, -0.2) is 83.4 Å². The van der Waals surface area contributed by atoms with Crippen LogP contribution in [0.15, 0.2) is 10.9 Å². The van der Waals surface area contributed by atoms with Crippen LogP contribution in [0.4, 0.5) is 13.2 Å². The molecule has 4 heterocycles. The molecule has 1 aromatic rings. The van der Waals surface area contributed by atoms with Gasteiger partial charge >= 0.3 is 12.1 Å². The number of rotatable bonds is 2. The van der Waals surface area contributed by atoms with Crippen molar-refractivity contribution in [1.29, 1.82) is 0 Å². The van der Waals surface area contributed by atoms with E-state index in [0.717, 1.165) is 39.1 Å². The largest absolute Gasteiger partial charge is 0.490 e. The van der Waals surface area contributed by atoms with Gasteiger partial charge in [-0.3, -0.25) is 9.69 Å². The molecule has 0 aromatic carbocycles. The van der Waals surface area contributed by atoms with Crippen molar-refractivity contribution in [3.8, 4) is 0 Å². The van der Waals surface area contributed by atoms with E-state index in [1.54, 1.807) is 5.51 Å². The number of piperidine rings is 2. The molecule has 1 unspecified atom stereocenters. The van der Waals surface area contributed by atoms with Crippen LogP contribution in [0.1, 0.15) is 42.6 Å². The molecule has 0 saturated carbocycles. The molecule has 3 saturated heterocycles. The van der Waals surface area contributed by atoms with Gasteiger partial charge in [-0.05, 0) is 50.6 Å². The van der Waals surface area contributed by atoms with E-state index in [4.69, 9.17) is 14.6 Å². The summed E-state index contributed by atoms with van der Waals surface area (Å²) in [5, 5.41) is 8.98. The lowest BCUT2D eigenvalue weighted by molar-refractivity contribution is -0.192. The molecule has 7 nitrogen and oxygen atoms in total. The fourth-order valence-electron chi connectivity index (χ4n) is 4.34. The zero-order valence-corrected chi connectivity index (χ0v) is 17.4. The molecule has 168 valence electrons. The highest BCUT2D eigenvalue weighted by atomic mass is 32.1. The molecule has 1 atom stereocenters. The van der Waals surface area contributed by atoms with Crippen LogP contribution in [0.25, 0.3) is 0 Å². The second-order valence-electron chi connectivity index (χ2n) is 8.02. The van der Waals surface area contributed by atoms with E-state index in [1.807, 2.05) is 10.3 Å². The van der Waals surface area contributed by atoms with Gasteiger partial charge in [0, 0.05) is 31.1 Å². The molecular weight excluding hydrogens is 423 g/mol. The van der Waals surface area contributed by atoms with Crippen LogP contribution < -0.4 is 0 Å². The van der Waals surface area contributed by atoms with E-state index < -0.39 is 12.1 Å². The normalized spacial score (nSPS) is 24.4. The Morgan fingerprint density at radius 1 is 1.17 bits per heavy atom. The highest BCUT2D eigenvalue weighted by molar-refractivity contribution is 7.07. The summed E-state index contributed by atoms with van der Waals surface area (Å²) in [7, 11) is 0.